The third-order valence-corrected chi connectivity index (χ3v) is 5.84. The van der Waals surface area contributed by atoms with Gasteiger partial charge in [0.15, 0.2) is 0 Å². The maximum Gasteiger partial charge on any atom is 0.573 e. The average molecular weight is 398 g/mol. The summed E-state index contributed by atoms with van der Waals surface area (Å²) in [6.07, 6.45) is -2.57. The highest BCUT2D eigenvalue weighted by Crippen LogP contribution is 2.42. The Bertz CT molecular complexity index is 769. The van der Waals surface area contributed by atoms with Crippen LogP contribution in [0.15, 0.2) is 24.3 Å². The monoisotopic (exact) mass is 398 g/mol. The maximum atomic E-state index is 12.7. The first-order valence-corrected chi connectivity index (χ1v) is 9.32. The van der Waals surface area contributed by atoms with Crippen molar-refractivity contribution in [3.63, 3.8) is 0 Å². The fraction of sp³-hybridized carbons (Fsp3) is 0.579. The number of alkyl carbamates (subject to hydrolysis) is 1. The van der Waals surface area contributed by atoms with Crippen molar-refractivity contribution in [2.45, 2.75) is 43.5 Å². The molecule has 0 radical (unpaired) electrons. The van der Waals surface area contributed by atoms with E-state index in [4.69, 9.17) is 4.74 Å². The van der Waals surface area contributed by atoms with Crippen LogP contribution in [0.1, 0.15) is 37.2 Å². The first-order valence-electron chi connectivity index (χ1n) is 9.32. The van der Waals surface area contributed by atoms with Gasteiger partial charge in [-0.05, 0) is 49.3 Å². The number of carbonyl (C=O) groups excluding carboxylic acids is 2. The molecule has 3 aliphatic rings. The summed E-state index contributed by atoms with van der Waals surface area (Å²) in [5.41, 5.74) is 0.413. The van der Waals surface area contributed by atoms with Crippen molar-refractivity contribution in [2.75, 3.05) is 19.7 Å². The lowest BCUT2D eigenvalue weighted by atomic mass is 9.68. The molecule has 9 heteroatoms. The zero-order valence-electron chi connectivity index (χ0n) is 15.1. The molecule has 6 nitrogen and oxygen atoms in total. The highest BCUT2D eigenvalue weighted by molar-refractivity contribution is 5.81. The standard InChI is InChI=1S/C19H21F3N2O4/c20-19(21,22)28-15-3-1-2-13(8-15)12-4-6-24(7-5-12)16(25)14-9-18(10-14)11-27-17(26)23-18/h1-3,8,12,14H,4-7,9-11H2,(H,23,26). The molecule has 4 rings (SSSR count). The number of carbonyl (C=O) groups is 2. The Hall–Kier alpha value is -2.45. The van der Waals surface area contributed by atoms with Crippen molar-refractivity contribution in [2.24, 2.45) is 5.92 Å². The molecule has 1 aromatic carbocycles. The Morgan fingerprint density at radius 3 is 2.57 bits per heavy atom. The van der Waals surface area contributed by atoms with Gasteiger partial charge in [0.1, 0.15) is 12.4 Å². The van der Waals surface area contributed by atoms with Crippen LogP contribution in [0.2, 0.25) is 0 Å². The van der Waals surface area contributed by atoms with Gasteiger partial charge in [-0.25, -0.2) is 4.79 Å². The van der Waals surface area contributed by atoms with E-state index in [1.807, 2.05) is 4.90 Å². The van der Waals surface area contributed by atoms with Crippen LogP contribution in [-0.2, 0) is 9.53 Å². The molecule has 3 fully saturated rings. The molecule has 0 unspecified atom stereocenters. The summed E-state index contributed by atoms with van der Waals surface area (Å²) >= 11 is 0. The van der Waals surface area contributed by atoms with Gasteiger partial charge in [0, 0.05) is 19.0 Å². The van der Waals surface area contributed by atoms with Crippen molar-refractivity contribution >= 4 is 12.0 Å². The first kappa shape index (κ1) is 18.9. The van der Waals surface area contributed by atoms with Gasteiger partial charge in [-0.3, -0.25) is 4.79 Å². The zero-order valence-corrected chi connectivity index (χ0v) is 15.1. The van der Waals surface area contributed by atoms with Gasteiger partial charge in [0.2, 0.25) is 5.91 Å². The van der Waals surface area contributed by atoms with Gasteiger partial charge in [0.05, 0.1) is 5.54 Å². The summed E-state index contributed by atoms with van der Waals surface area (Å²) in [4.78, 5) is 25.7. The number of hydrogen-bond donors (Lipinski definition) is 1. The van der Waals surface area contributed by atoms with Crippen LogP contribution in [0, 0.1) is 5.92 Å². The van der Waals surface area contributed by atoms with Gasteiger partial charge >= 0.3 is 12.5 Å². The molecule has 1 saturated carbocycles. The summed E-state index contributed by atoms with van der Waals surface area (Å²) in [5, 5.41) is 2.78. The second-order valence-electron chi connectivity index (χ2n) is 7.81. The van der Waals surface area contributed by atoms with Gasteiger partial charge in [-0.15, -0.1) is 13.2 Å². The number of rotatable bonds is 3. The maximum absolute atomic E-state index is 12.7. The summed E-state index contributed by atoms with van der Waals surface area (Å²) in [6.45, 7) is 1.45. The van der Waals surface area contributed by atoms with E-state index >= 15 is 0 Å². The highest BCUT2D eigenvalue weighted by atomic mass is 19.4. The molecule has 0 aromatic heterocycles. The predicted molar refractivity (Wildman–Crippen MR) is 91.6 cm³/mol. The number of amides is 2. The Kier molecular flexibility index (Phi) is 4.63. The fourth-order valence-electron chi connectivity index (χ4n) is 4.43. The number of nitrogens with zero attached hydrogens (tertiary/aromatic N) is 1. The second-order valence-corrected chi connectivity index (χ2v) is 7.81. The van der Waals surface area contributed by atoms with Crippen LogP contribution in [-0.4, -0.2) is 48.5 Å². The minimum absolute atomic E-state index is 0.0828. The van der Waals surface area contributed by atoms with Crippen molar-refractivity contribution in [1.82, 2.24) is 10.2 Å². The van der Waals surface area contributed by atoms with Crippen LogP contribution in [0.3, 0.4) is 0 Å². The fourth-order valence-corrected chi connectivity index (χ4v) is 4.43. The number of cyclic esters (lactones) is 1. The van der Waals surface area contributed by atoms with E-state index in [0.29, 0.717) is 45.4 Å². The average Bonchev–Trinajstić information content (AvgIpc) is 3.01. The summed E-state index contributed by atoms with van der Waals surface area (Å²) in [6, 6.07) is 6.06. The van der Waals surface area contributed by atoms with Gasteiger partial charge in [0.25, 0.3) is 0 Å². The molecule has 0 bridgehead atoms. The van der Waals surface area contributed by atoms with E-state index < -0.39 is 12.5 Å². The van der Waals surface area contributed by atoms with Crippen molar-refractivity contribution in [3.8, 4) is 5.75 Å². The zero-order chi connectivity index (χ0) is 19.9. The van der Waals surface area contributed by atoms with E-state index in [1.165, 1.54) is 12.1 Å². The molecule has 1 aromatic rings. The molecule has 2 heterocycles. The smallest absolute Gasteiger partial charge is 0.447 e. The number of halogens is 3. The van der Waals surface area contributed by atoms with Crippen LogP contribution in [0.4, 0.5) is 18.0 Å². The third-order valence-electron chi connectivity index (χ3n) is 5.84. The van der Waals surface area contributed by atoms with Gasteiger partial charge in [-0.1, -0.05) is 12.1 Å². The molecule has 2 amide bonds. The Balaban J connectivity index is 1.30. The van der Waals surface area contributed by atoms with Crippen molar-refractivity contribution < 1.29 is 32.2 Å². The summed E-state index contributed by atoms with van der Waals surface area (Å²) in [7, 11) is 0. The van der Waals surface area contributed by atoms with E-state index in [1.54, 1.807) is 12.1 Å². The third kappa shape index (κ3) is 3.88. The van der Waals surface area contributed by atoms with Crippen molar-refractivity contribution in [3.05, 3.63) is 29.8 Å². The molecular weight excluding hydrogens is 377 g/mol. The lowest BCUT2D eigenvalue weighted by molar-refractivity contribution is -0.274. The minimum Gasteiger partial charge on any atom is -0.447 e. The molecule has 152 valence electrons. The first-order chi connectivity index (χ1) is 13.2. The molecular formula is C19H21F3N2O4. The summed E-state index contributed by atoms with van der Waals surface area (Å²) in [5.74, 6) is -0.151. The van der Waals surface area contributed by atoms with Crippen molar-refractivity contribution in [1.29, 1.82) is 0 Å². The molecule has 28 heavy (non-hydrogen) atoms. The molecule has 0 atom stereocenters. The van der Waals surface area contributed by atoms with E-state index in [9.17, 15) is 22.8 Å². The molecule has 1 aliphatic carbocycles. The van der Waals surface area contributed by atoms with E-state index in [-0.39, 0.29) is 29.0 Å². The van der Waals surface area contributed by atoms with E-state index in [0.717, 1.165) is 5.56 Å². The topological polar surface area (TPSA) is 67.9 Å². The number of ether oxygens (including phenoxy) is 2. The minimum atomic E-state index is -4.71. The number of nitrogens with one attached hydrogen (secondary N) is 1. The van der Waals surface area contributed by atoms with Crippen LogP contribution >= 0.6 is 0 Å². The summed E-state index contributed by atoms with van der Waals surface area (Å²) < 4.78 is 46.1. The number of alkyl halides is 3. The second kappa shape index (κ2) is 6.86. The number of likely N-dealkylation sites (tertiary alicyclic amines) is 1. The molecule has 1 N–H and O–H groups in total. The van der Waals surface area contributed by atoms with Gasteiger partial charge < -0.3 is 19.7 Å². The number of benzene rings is 1. The SMILES string of the molecule is O=C1NC2(CO1)CC(C(=O)N1CCC(c3cccc(OC(F)(F)F)c3)CC1)C2. The van der Waals surface area contributed by atoms with Gasteiger partial charge in [-0.2, -0.15) is 0 Å². The Morgan fingerprint density at radius 2 is 1.96 bits per heavy atom. The number of piperidine rings is 1. The highest BCUT2D eigenvalue weighted by Gasteiger charge is 2.53. The molecule has 1 spiro atoms. The largest absolute Gasteiger partial charge is 0.573 e. The Morgan fingerprint density at radius 1 is 1.25 bits per heavy atom. The lowest BCUT2D eigenvalue weighted by Gasteiger charge is -2.45. The van der Waals surface area contributed by atoms with Crippen LogP contribution in [0.5, 0.6) is 5.75 Å². The van der Waals surface area contributed by atoms with Crippen LogP contribution < -0.4 is 10.1 Å². The Labute approximate surface area is 160 Å². The predicted octanol–water partition coefficient (Wildman–Crippen LogP) is 3.18. The van der Waals surface area contributed by atoms with E-state index in [2.05, 4.69) is 10.1 Å². The molecule has 2 aliphatic heterocycles. The lowest BCUT2D eigenvalue weighted by Crippen LogP contribution is -2.58. The normalized spacial score (nSPS) is 27.9. The van der Waals surface area contributed by atoms with Crippen LogP contribution in [0.25, 0.3) is 0 Å². The quantitative estimate of drug-likeness (QED) is 0.849. The number of hydrogen-bond acceptors (Lipinski definition) is 4. The molecule has 2 saturated heterocycles.